The maximum absolute atomic E-state index is 13.4. The molecule has 0 bridgehead atoms. The van der Waals surface area contributed by atoms with Gasteiger partial charge in [-0.1, -0.05) is 38.1 Å². The second-order valence-electron chi connectivity index (χ2n) is 16.6. The summed E-state index contributed by atoms with van der Waals surface area (Å²) in [5.74, 6) is 1.19. The fourth-order valence-electron chi connectivity index (χ4n) is 7.63. The van der Waals surface area contributed by atoms with Gasteiger partial charge in [0, 0.05) is 24.2 Å². The highest BCUT2D eigenvalue weighted by Crippen LogP contribution is 2.38. The Labute approximate surface area is 427 Å². The molecule has 2 aromatic carbocycles. The van der Waals surface area contributed by atoms with E-state index >= 15 is 0 Å². The Hall–Kier alpha value is -7.86. The molecular formula is C50H54F2N12O8S2. The third kappa shape index (κ3) is 12.3. The lowest BCUT2D eigenvalue weighted by Crippen LogP contribution is -2.24. The molecular weight excluding hydrogens is 999 g/mol. The molecule has 0 aliphatic heterocycles. The van der Waals surface area contributed by atoms with E-state index in [1.54, 1.807) is 71.5 Å². The number of halogens is 2. The number of hydrogen-bond acceptors (Lipinski definition) is 18. The molecule has 24 heteroatoms. The number of sulfone groups is 2. The number of nitrogens with zero attached hydrogens (tertiary/aromatic N) is 12. The number of rotatable bonds is 20. The zero-order valence-electron chi connectivity index (χ0n) is 41.8. The summed E-state index contributed by atoms with van der Waals surface area (Å²) in [4.78, 5) is 24.9. The molecule has 74 heavy (non-hydrogen) atoms. The first-order valence-corrected chi connectivity index (χ1v) is 26.6. The molecule has 0 saturated heterocycles. The van der Waals surface area contributed by atoms with Gasteiger partial charge >= 0.3 is 0 Å². The molecule has 6 heterocycles. The lowest BCUT2D eigenvalue weighted by Gasteiger charge is -2.18. The molecule has 0 unspecified atom stereocenters. The van der Waals surface area contributed by atoms with Crippen molar-refractivity contribution in [1.29, 1.82) is 0 Å². The van der Waals surface area contributed by atoms with Crippen LogP contribution in [0.1, 0.15) is 62.4 Å². The highest BCUT2D eigenvalue weighted by atomic mass is 32.2. The zero-order valence-corrected chi connectivity index (χ0v) is 43.5. The van der Waals surface area contributed by atoms with Gasteiger partial charge in [-0.25, -0.2) is 55.5 Å². The first kappa shape index (κ1) is 53.9. The predicted octanol–water partition coefficient (Wildman–Crippen LogP) is 6.77. The van der Waals surface area contributed by atoms with Crippen molar-refractivity contribution in [1.82, 2.24) is 59.4 Å². The SMILES string of the molecule is CCc1cccc(-c2nnc(CS(=O)(=O)[C@@H](C)Cc3ncc(F)cn3)n2-c2c(OC)cccc2OC)n1.CCc1cccc(-c2nnc(CS(=O)(=O)[C@H](C)Cc3ncc(F)cn3)n2-c2c(OC)cccc2OC)n1. The highest BCUT2D eigenvalue weighted by molar-refractivity contribution is 7.91. The van der Waals surface area contributed by atoms with Crippen LogP contribution in [0.5, 0.6) is 23.0 Å². The fraction of sp³-hybridized carbons (Fsp3) is 0.320. The quantitative estimate of drug-likeness (QED) is 0.0764. The lowest BCUT2D eigenvalue weighted by atomic mass is 10.2. The van der Waals surface area contributed by atoms with Crippen molar-refractivity contribution in [3.63, 3.8) is 0 Å². The van der Waals surface area contributed by atoms with E-state index in [1.165, 1.54) is 28.4 Å². The fourth-order valence-corrected chi connectivity index (χ4v) is 10.1. The van der Waals surface area contributed by atoms with Gasteiger partial charge in [0.2, 0.25) is 0 Å². The molecule has 0 saturated carbocycles. The number of pyridine rings is 2. The molecule has 0 fully saturated rings. The molecule has 0 spiro atoms. The van der Waals surface area contributed by atoms with Crippen molar-refractivity contribution in [3.05, 3.63) is 144 Å². The van der Waals surface area contributed by atoms with E-state index in [2.05, 4.69) is 50.3 Å². The summed E-state index contributed by atoms with van der Waals surface area (Å²) in [6.07, 6.45) is 5.50. The van der Waals surface area contributed by atoms with Gasteiger partial charge in [0.1, 0.15) is 68.9 Å². The van der Waals surface area contributed by atoms with Gasteiger partial charge in [-0.3, -0.25) is 9.13 Å². The molecule has 2 atom stereocenters. The van der Waals surface area contributed by atoms with Crippen molar-refractivity contribution < 1.29 is 44.6 Å². The number of benzene rings is 2. The normalized spacial score (nSPS) is 12.4. The largest absolute Gasteiger partial charge is 0.494 e. The minimum Gasteiger partial charge on any atom is -0.494 e. The third-order valence-corrected chi connectivity index (χ3v) is 15.8. The van der Waals surface area contributed by atoms with E-state index in [0.717, 1.165) is 36.2 Å². The summed E-state index contributed by atoms with van der Waals surface area (Å²) in [5.41, 5.74) is 3.65. The topological polar surface area (TPSA) is 244 Å². The molecule has 20 nitrogen and oxygen atoms in total. The molecule has 0 N–H and O–H groups in total. The summed E-state index contributed by atoms with van der Waals surface area (Å²) < 4.78 is 106. The molecule has 0 amide bonds. The van der Waals surface area contributed by atoms with Gasteiger partial charge in [-0.05, 0) is 75.2 Å². The van der Waals surface area contributed by atoms with Gasteiger partial charge in [-0.15, -0.1) is 20.4 Å². The third-order valence-electron chi connectivity index (χ3n) is 11.7. The van der Waals surface area contributed by atoms with Crippen LogP contribution in [0.15, 0.2) is 97.6 Å². The summed E-state index contributed by atoms with van der Waals surface area (Å²) >= 11 is 0. The number of aryl methyl sites for hydroxylation is 2. The Morgan fingerprint density at radius 3 is 1.14 bits per heavy atom. The predicted molar refractivity (Wildman–Crippen MR) is 270 cm³/mol. The first-order valence-electron chi connectivity index (χ1n) is 23.1. The molecule has 0 aliphatic carbocycles. The van der Waals surface area contributed by atoms with Crippen LogP contribution in [0.25, 0.3) is 34.4 Å². The van der Waals surface area contributed by atoms with Gasteiger partial charge < -0.3 is 18.9 Å². The van der Waals surface area contributed by atoms with E-state index in [-0.39, 0.29) is 36.1 Å². The Morgan fingerprint density at radius 1 is 0.500 bits per heavy atom. The molecule has 0 radical (unpaired) electrons. The Morgan fingerprint density at radius 2 is 0.824 bits per heavy atom. The number of methoxy groups -OCH3 is 4. The van der Waals surface area contributed by atoms with E-state index in [9.17, 15) is 25.6 Å². The van der Waals surface area contributed by atoms with Crippen molar-refractivity contribution in [2.24, 2.45) is 0 Å². The monoisotopic (exact) mass is 1050 g/mol. The summed E-state index contributed by atoms with van der Waals surface area (Å²) in [6.45, 7) is 7.09. The van der Waals surface area contributed by atoms with E-state index in [1.807, 2.05) is 38.1 Å². The lowest BCUT2D eigenvalue weighted by molar-refractivity contribution is 0.390. The van der Waals surface area contributed by atoms with E-state index in [4.69, 9.17) is 18.9 Å². The number of para-hydroxylation sites is 2. The average molecular weight is 1050 g/mol. The molecule has 8 rings (SSSR count). The van der Waals surface area contributed by atoms with Crippen molar-refractivity contribution in [2.45, 2.75) is 75.4 Å². The second kappa shape index (κ2) is 23.8. The van der Waals surface area contributed by atoms with Gasteiger partial charge in [0.05, 0.1) is 63.7 Å². The maximum Gasteiger partial charge on any atom is 0.187 e. The number of hydrogen-bond donors (Lipinski definition) is 0. The van der Waals surface area contributed by atoms with Crippen molar-refractivity contribution >= 4 is 19.7 Å². The second-order valence-corrected chi connectivity index (χ2v) is 21.4. The van der Waals surface area contributed by atoms with Crippen LogP contribution in [0.2, 0.25) is 0 Å². The molecule has 388 valence electrons. The highest BCUT2D eigenvalue weighted by Gasteiger charge is 2.32. The summed E-state index contributed by atoms with van der Waals surface area (Å²) in [6, 6.07) is 21.6. The number of aromatic nitrogens is 12. The van der Waals surface area contributed by atoms with Gasteiger partial charge in [-0.2, -0.15) is 0 Å². The Kier molecular flexibility index (Phi) is 17.3. The average Bonchev–Trinajstić information content (AvgIpc) is 4.02. The van der Waals surface area contributed by atoms with Crippen molar-refractivity contribution in [3.8, 4) is 57.4 Å². The minimum atomic E-state index is -3.77. The standard InChI is InChI=1S/2C25H27FN6O4S/c2*1-5-18-8-6-9-19(29-18)25-31-30-23(32(25)24-20(35-3)10-7-11-21(24)36-4)15-37(33,34)16(2)12-22-27-13-17(26)14-28-22/h2*6-11,13-14,16H,5,12,15H2,1-4H3/t2*16-/m10/s1. The van der Waals surface area contributed by atoms with Crippen LogP contribution in [-0.4, -0.2) is 115 Å². The van der Waals surface area contributed by atoms with Crippen LogP contribution in [-0.2, 0) is 56.9 Å². The molecule has 0 aliphatic rings. The summed E-state index contributed by atoms with van der Waals surface area (Å²) in [7, 11) is -1.49. The van der Waals surface area contributed by atoms with Crippen LogP contribution in [0, 0.1) is 11.6 Å². The van der Waals surface area contributed by atoms with Crippen LogP contribution >= 0.6 is 0 Å². The van der Waals surface area contributed by atoms with Crippen LogP contribution in [0.4, 0.5) is 8.78 Å². The van der Waals surface area contributed by atoms with Crippen LogP contribution in [0.3, 0.4) is 0 Å². The Bertz CT molecular complexity index is 3170. The smallest absolute Gasteiger partial charge is 0.187 e. The maximum atomic E-state index is 13.4. The van der Waals surface area contributed by atoms with Gasteiger partial charge in [0.15, 0.2) is 54.6 Å². The molecule has 8 aromatic rings. The first-order chi connectivity index (χ1) is 35.5. The Balaban J connectivity index is 0.000000216. The van der Waals surface area contributed by atoms with Crippen molar-refractivity contribution in [2.75, 3.05) is 28.4 Å². The zero-order chi connectivity index (χ0) is 53.2. The number of ether oxygens (including phenoxy) is 4. The minimum absolute atomic E-state index is 0.0156. The van der Waals surface area contributed by atoms with E-state index in [0.29, 0.717) is 70.3 Å². The molecule has 6 aromatic heterocycles. The van der Waals surface area contributed by atoms with Gasteiger partial charge in [0.25, 0.3) is 0 Å². The van der Waals surface area contributed by atoms with E-state index < -0.39 is 53.3 Å². The van der Waals surface area contributed by atoms with Crippen LogP contribution < -0.4 is 18.9 Å². The summed E-state index contributed by atoms with van der Waals surface area (Å²) in [5, 5.41) is 15.5.